The average Bonchev–Trinajstić information content (AvgIpc) is 0.770. The Morgan fingerprint density at radius 2 is 1.38 bits per heavy atom. The van der Waals surface area contributed by atoms with Crippen LogP contribution < -0.4 is 9.80 Å². The SMILES string of the molecule is CO[C@H]1C[C@@H]2CC[C@@H](C)[C@@](O)(O2)C(=O)C(=O)N2CCCC[C@H]2C(=O)O[C@H]([C@H](C)C[C@@H]2CC[C@@H](OC(=O)N3CCc4nc(N5CCN(CCOCCN6CCN(c7ncc(C(C)=O)cn7)CC6)CC5)ncc4C3)[C@H](OC)C2)C[C@@H](OC)[C@H](C)/C=C(\C)[C@@H](O)[C@@H](OC)C(=O)[C@H](C)C[C@H](C)/C=C/C=C/C=C/1C. The topological polar surface area (TPSA) is 288 Å². The zero-order valence-corrected chi connectivity index (χ0v) is 63.7. The third-order valence-electron chi connectivity index (χ3n) is 22.8. The molecule has 26 nitrogen and oxygen atoms in total. The quantitative estimate of drug-likeness (QED) is 0.0507. The molecule has 4 saturated heterocycles. The van der Waals surface area contributed by atoms with Crippen LogP contribution in [0.1, 0.15) is 154 Å². The molecule has 2 bridgehead atoms. The summed E-state index contributed by atoms with van der Waals surface area (Å²) >= 11 is 0. The summed E-state index contributed by atoms with van der Waals surface area (Å²) in [6.07, 6.45) is 16.7. The number of ketones is 3. The highest BCUT2D eigenvalue weighted by Crippen LogP contribution is 2.39. The molecule has 1 saturated carbocycles. The number of nitrogens with zero attached hydrogens (tertiary/aromatic N) is 10. The second kappa shape index (κ2) is 38.9. The van der Waals surface area contributed by atoms with E-state index in [9.17, 15) is 39.0 Å². The van der Waals surface area contributed by atoms with Gasteiger partial charge in [-0.3, -0.25) is 29.0 Å². The Morgan fingerprint density at radius 3 is 2.04 bits per heavy atom. The number of hydrogen-bond donors (Lipinski definition) is 2. The van der Waals surface area contributed by atoms with E-state index >= 15 is 0 Å². The molecule has 2 aromatic heterocycles. The summed E-state index contributed by atoms with van der Waals surface area (Å²) in [7, 11) is 6.23. The number of ether oxygens (including phenoxy) is 8. The molecule has 1 aliphatic carbocycles. The predicted octanol–water partition coefficient (Wildman–Crippen LogP) is 7.57. The highest BCUT2D eigenvalue weighted by Gasteiger charge is 2.53. The first-order valence-electron chi connectivity index (χ1n) is 38.1. The normalized spacial score (nSPS) is 33.1. The summed E-state index contributed by atoms with van der Waals surface area (Å²) in [5.41, 5.74) is 3.72. The number of allylic oxidation sites excluding steroid dienone is 5. The molecule has 16 atom stereocenters. The van der Waals surface area contributed by atoms with E-state index < -0.39 is 96.2 Å². The maximum absolute atomic E-state index is 15.0. The van der Waals surface area contributed by atoms with Crippen LogP contribution in [0.3, 0.4) is 0 Å². The van der Waals surface area contributed by atoms with E-state index in [-0.39, 0.29) is 54.6 Å². The number of rotatable bonds is 17. The van der Waals surface area contributed by atoms with Crippen LogP contribution in [0.2, 0.25) is 0 Å². The lowest BCUT2D eigenvalue weighted by atomic mass is 9.78. The number of methoxy groups -OCH3 is 4. The molecular formula is C78H118N10O16. The van der Waals surface area contributed by atoms with Crippen molar-refractivity contribution in [2.24, 2.45) is 35.5 Å². The van der Waals surface area contributed by atoms with E-state index in [0.717, 1.165) is 82.3 Å². The van der Waals surface area contributed by atoms with E-state index in [1.165, 1.54) is 18.9 Å². The lowest BCUT2D eigenvalue weighted by molar-refractivity contribution is -0.265. The average molecular weight is 1450 g/mol. The Kier molecular flexibility index (Phi) is 30.5. The lowest BCUT2D eigenvalue weighted by Gasteiger charge is -2.43. The summed E-state index contributed by atoms with van der Waals surface area (Å²) < 4.78 is 49.3. The van der Waals surface area contributed by atoms with Gasteiger partial charge in [0.25, 0.3) is 11.7 Å². The lowest BCUT2D eigenvalue weighted by Crippen LogP contribution is -2.61. The van der Waals surface area contributed by atoms with Crippen LogP contribution in [0.25, 0.3) is 0 Å². The van der Waals surface area contributed by atoms with Gasteiger partial charge in [0, 0.05) is 168 Å². The maximum atomic E-state index is 15.0. The molecule has 0 aromatic carbocycles. The molecule has 9 rings (SSSR count). The Morgan fingerprint density at radius 1 is 0.712 bits per heavy atom. The van der Waals surface area contributed by atoms with Crippen LogP contribution in [0.5, 0.6) is 0 Å². The Hall–Kier alpha value is -6.46. The molecule has 104 heavy (non-hydrogen) atoms. The van der Waals surface area contributed by atoms with Crippen molar-refractivity contribution < 1.29 is 76.9 Å². The standard InChI is InChI=1S/C78H118N10O16/c1-50-18-14-13-15-19-51(2)65(97-9)44-61-23-21-56(7)78(96,104-61)72(92)73(93)88-26-17-16-20-63(88)74(94)102-67(45-66(98-10)52(3)41-55(6)70(91)71(100-12)69(90)54(5)40-50)53(4)42-58-22-24-64(68(43-58)99-11)103-77(95)87-27-25-62-60(49-87)48-81-76(82-62)86-34-30-84(31-35-86)37-39-101-38-36-83-28-32-85(33-29-83)75-79-46-59(47-80-75)57(8)89/h13-15,18-19,41,46-48,50,52-54,56,58,61,63-68,70-71,91,96H,16-17,20-40,42-45,49H2,1-12H3/b15-13+,18-14+,51-19+,55-41+/t50-,52-,53-,54-,56-,58+,61+,63+,64-,65+,66-,67+,68-,70-,71+,78-/m1/s1. The van der Waals surface area contributed by atoms with Gasteiger partial charge in [-0.25, -0.2) is 29.5 Å². The zero-order chi connectivity index (χ0) is 74.8. The van der Waals surface area contributed by atoms with Crippen molar-refractivity contribution in [2.45, 2.75) is 206 Å². The number of carbonyl (C=O) groups excluding carboxylic acids is 6. The largest absolute Gasteiger partial charge is 0.460 e. The molecule has 2 N–H and O–H groups in total. The predicted molar refractivity (Wildman–Crippen MR) is 391 cm³/mol. The molecule has 2 amide bonds. The van der Waals surface area contributed by atoms with Crippen molar-refractivity contribution >= 4 is 47.2 Å². The molecule has 576 valence electrons. The van der Waals surface area contributed by atoms with Crippen LogP contribution >= 0.6 is 0 Å². The smallest absolute Gasteiger partial charge is 0.410 e. The molecule has 8 heterocycles. The van der Waals surface area contributed by atoms with Crippen molar-refractivity contribution in [1.82, 2.24) is 39.5 Å². The Labute approximate surface area is 615 Å². The summed E-state index contributed by atoms with van der Waals surface area (Å²) in [4.78, 5) is 115. The number of Topliss-reactive ketones (excluding diaryl/α,β-unsaturated/α-hetero) is 3. The minimum atomic E-state index is -2.45. The maximum Gasteiger partial charge on any atom is 0.410 e. The van der Waals surface area contributed by atoms with Gasteiger partial charge in [0.15, 0.2) is 11.6 Å². The minimum Gasteiger partial charge on any atom is -0.460 e. The first-order valence-corrected chi connectivity index (χ1v) is 38.1. The molecule has 5 fully saturated rings. The second-order valence-electron chi connectivity index (χ2n) is 30.3. The summed E-state index contributed by atoms with van der Waals surface area (Å²) in [5.74, 6) is -5.91. The van der Waals surface area contributed by atoms with Crippen LogP contribution in [0, 0.1) is 35.5 Å². The monoisotopic (exact) mass is 1450 g/mol. The van der Waals surface area contributed by atoms with Gasteiger partial charge in [-0.1, -0.05) is 71.1 Å². The molecule has 0 unspecified atom stereocenters. The van der Waals surface area contributed by atoms with E-state index in [1.807, 2.05) is 77.3 Å². The minimum absolute atomic E-state index is 0.0165. The third kappa shape index (κ3) is 21.4. The Balaban J connectivity index is 0.802. The molecule has 0 spiro atoms. The number of piperazine rings is 2. The second-order valence-corrected chi connectivity index (χ2v) is 30.3. The number of amides is 2. The van der Waals surface area contributed by atoms with Gasteiger partial charge >= 0.3 is 12.1 Å². The van der Waals surface area contributed by atoms with Gasteiger partial charge in [0.05, 0.1) is 55.4 Å². The molecule has 6 aliphatic heterocycles. The summed E-state index contributed by atoms with van der Waals surface area (Å²) in [6, 6.07) is -1.13. The number of esters is 1. The number of fused-ring (bicyclic) bond motifs is 4. The Bertz CT molecular complexity index is 3300. The van der Waals surface area contributed by atoms with Crippen LogP contribution in [0.15, 0.2) is 66.2 Å². The van der Waals surface area contributed by atoms with E-state index in [0.29, 0.717) is 120 Å². The van der Waals surface area contributed by atoms with Gasteiger partial charge in [-0.05, 0) is 114 Å². The number of carbonyl (C=O) groups is 6. The highest BCUT2D eigenvalue weighted by molar-refractivity contribution is 6.39. The van der Waals surface area contributed by atoms with Gasteiger partial charge in [-0.2, -0.15) is 0 Å². The molecule has 0 radical (unpaired) electrons. The van der Waals surface area contributed by atoms with Crippen LogP contribution in [0.4, 0.5) is 16.7 Å². The fraction of sp³-hybridized carbons (Fsp3) is 0.718. The van der Waals surface area contributed by atoms with Crippen molar-refractivity contribution in [3.63, 3.8) is 0 Å². The first kappa shape index (κ1) is 81.6. The number of cyclic esters (lactones) is 1. The number of aliphatic hydroxyl groups is 2. The zero-order valence-electron chi connectivity index (χ0n) is 63.7. The highest BCUT2D eigenvalue weighted by atomic mass is 16.6. The molecular weight excluding hydrogens is 1330 g/mol. The summed E-state index contributed by atoms with van der Waals surface area (Å²) in [6.45, 7) is 25.4. The fourth-order valence-corrected chi connectivity index (χ4v) is 16.0. The first-order chi connectivity index (χ1) is 49.9. The summed E-state index contributed by atoms with van der Waals surface area (Å²) in [5, 5.41) is 24.0. The van der Waals surface area contributed by atoms with Crippen molar-refractivity contribution in [3.05, 3.63) is 83.0 Å². The third-order valence-corrected chi connectivity index (χ3v) is 22.8. The van der Waals surface area contributed by atoms with Crippen molar-refractivity contribution in [3.8, 4) is 0 Å². The van der Waals surface area contributed by atoms with E-state index in [1.54, 1.807) is 52.5 Å². The molecule has 26 heteroatoms. The number of aliphatic hydroxyl groups excluding tert-OH is 1. The number of aromatic nitrogens is 4. The van der Waals surface area contributed by atoms with Gasteiger partial charge < -0.3 is 67.7 Å². The molecule has 7 aliphatic rings. The van der Waals surface area contributed by atoms with Gasteiger partial charge in [0.2, 0.25) is 17.7 Å². The van der Waals surface area contributed by atoms with Crippen molar-refractivity contribution in [1.29, 1.82) is 0 Å². The van der Waals surface area contributed by atoms with Gasteiger partial charge in [-0.15, -0.1) is 0 Å². The van der Waals surface area contributed by atoms with Gasteiger partial charge in [0.1, 0.15) is 30.5 Å². The van der Waals surface area contributed by atoms with E-state index in [4.69, 9.17) is 47.9 Å². The number of hydrogen-bond acceptors (Lipinski definition) is 24. The van der Waals surface area contributed by atoms with Crippen LogP contribution in [-0.4, -0.2) is 266 Å². The number of piperidine rings is 1. The van der Waals surface area contributed by atoms with E-state index in [2.05, 4.69) is 29.6 Å². The molecule has 2 aromatic rings. The van der Waals surface area contributed by atoms with Crippen LogP contribution in [-0.2, 0) is 70.0 Å². The number of anilines is 2. The van der Waals surface area contributed by atoms with Crippen molar-refractivity contribution in [2.75, 3.05) is 130 Å². The fourth-order valence-electron chi connectivity index (χ4n) is 16.0.